The summed E-state index contributed by atoms with van der Waals surface area (Å²) in [7, 11) is 0. The maximum absolute atomic E-state index is 10.1. The van der Waals surface area contributed by atoms with E-state index in [1.54, 1.807) is 24.3 Å². The highest BCUT2D eigenvalue weighted by Gasteiger charge is 1.93. The van der Waals surface area contributed by atoms with Gasteiger partial charge in [0.15, 0.2) is 0 Å². The van der Waals surface area contributed by atoms with E-state index in [1.807, 2.05) is 6.92 Å². The lowest BCUT2D eigenvalue weighted by Crippen LogP contribution is -1.94. The zero-order valence-corrected chi connectivity index (χ0v) is 8.55. The molecule has 0 fully saturated rings. The first kappa shape index (κ1) is 11.2. The average Bonchev–Trinajstić information content (AvgIpc) is 2.25. The smallest absolute Gasteiger partial charge is 0.235 e. The second-order valence-corrected chi connectivity index (χ2v) is 3.02. The summed E-state index contributed by atoms with van der Waals surface area (Å²) in [6.07, 6.45) is 3.33. The van der Waals surface area contributed by atoms with E-state index in [0.29, 0.717) is 6.61 Å². The van der Waals surface area contributed by atoms with Crippen molar-refractivity contribution >= 4 is 6.08 Å². The summed E-state index contributed by atoms with van der Waals surface area (Å²) in [6.45, 7) is 2.72. The van der Waals surface area contributed by atoms with Crippen molar-refractivity contribution in [1.82, 2.24) is 0 Å². The van der Waals surface area contributed by atoms with Crippen LogP contribution in [0.25, 0.3) is 6.08 Å². The molecule has 0 radical (unpaired) electrons. The van der Waals surface area contributed by atoms with Gasteiger partial charge in [0.1, 0.15) is 5.75 Å². The minimum absolute atomic E-state index is 0.485. The van der Waals surface area contributed by atoms with Crippen molar-refractivity contribution in [2.45, 2.75) is 13.3 Å². The van der Waals surface area contributed by atoms with E-state index in [4.69, 9.17) is 4.74 Å². The Morgan fingerprint density at radius 3 is 2.60 bits per heavy atom. The van der Waals surface area contributed by atoms with Gasteiger partial charge < -0.3 is 4.74 Å². The van der Waals surface area contributed by atoms with Gasteiger partial charge in [-0.15, -0.1) is 0 Å². The van der Waals surface area contributed by atoms with Crippen molar-refractivity contribution in [2.75, 3.05) is 6.61 Å². The molecule has 0 amide bonds. The molecule has 0 saturated carbocycles. The maximum atomic E-state index is 10.1. The average molecular weight is 207 g/mol. The molecule has 1 rings (SSSR count). The van der Waals surface area contributed by atoms with Gasteiger partial charge in [-0.3, -0.25) is 10.1 Å². The zero-order valence-electron chi connectivity index (χ0n) is 8.55. The van der Waals surface area contributed by atoms with E-state index in [-0.39, 0.29) is 0 Å². The Morgan fingerprint density at radius 1 is 1.40 bits per heavy atom. The van der Waals surface area contributed by atoms with Crippen LogP contribution < -0.4 is 4.74 Å². The Hall–Kier alpha value is -1.84. The molecule has 1 aromatic rings. The highest BCUT2D eigenvalue weighted by atomic mass is 16.6. The molecular formula is C11H13NO3. The number of benzene rings is 1. The fourth-order valence-corrected chi connectivity index (χ4v) is 1.04. The predicted molar refractivity (Wildman–Crippen MR) is 58.3 cm³/mol. The Labute approximate surface area is 88.3 Å². The molecule has 80 valence electrons. The number of rotatable bonds is 5. The first-order valence-corrected chi connectivity index (χ1v) is 4.77. The van der Waals surface area contributed by atoms with Crippen LogP contribution in [0.1, 0.15) is 18.9 Å². The lowest BCUT2D eigenvalue weighted by Gasteiger charge is -2.03. The first-order chi connectivity index (χ1) is 7.22. The summed E-state index contributed by atoms with van der Waals surface area (Å²) in [6, 6.07) is 7.17. The van der Waals surface area contributed by atoms with E-state index in [0.717, 1.165) is 23.9 Å². The molecule has 15 heavy (non-hydrogen) atoms. The topological polar surface area (TPSA) is 52.4 Å². The van der Waals surface area contributed by atoms with Crippen LogP contribution in [0.4, 0.5) is 0 Å². The van der Waals surface area contributed by atoms with Crippen LogP contribution in [0.15, 0.2) is 30.5 Å². The second kappa shape index (κ2) is 5.80. The molecule has 0 heterocycles. The van der Waals surface area contributed by atoms with Crippen molar-refractivity contribution in [3.05, 3.63) is 46.1 Å². The molecule has 0 N–H and O–H groups in total. The summed E-state index contributed by atoms with van der Waals surface area (Å²) in [4.78, 5) is 9.59. The molecule has 0 bridgehead atoms. The molecule has 0 aromatic heterocycles. The highest BCUT2D eigenvalue weighted by Crippen LogP contribution is 2.13. The van der Waals surface area contributed by atoms with Crippen molar-refractivity contribution in [2.24, 2.45) is 0 Å². The molecule has 0 spiro atoms. The summed E-state index contributed by atoms with van der Waals surface area (Å²) < 4.78 is 5.38. The summed E-state index contributed by atoms with van der Waals surface area (Å²) >= 11 is 0. The van der Waals surface area contributed by atoms with E-state index in [1.165, 1.54) is 6.08 Å². The third-order valence-electron chi connectivity index (χ3n) is 1.74. The van der Waals surface area contributed by atoms with Gasteiger partial charge >= 0.3 is 0 Å². The lowest BCUT2D eigenvalue weighted by atomic mass is 10.2. The highest BCUT2D eigenvalue weighted by molar-refractivity contribution is 5.49. The molecule has 0 aliphatic heterocycles. The summed E-state index contributed by atoms with van der Waals surface area (Å²) in [5, 5.41) is 10.1. The normalized spacial score (nSPS) is 10.5. The predicted octanol–water partition coefficient (Wildman–Crippen LogP) is 2.72. The number of hydrogen-bond acceptors (Lipinski definition) is 3. The molecule has 0 aliphatic carbocycles. The summed E-state index contributed by atoms with van der Waals surface area (Å²) in [5.41, 5.74) is 0.788. The number of nitro groups is 1. The lowest BCUT2D eigenvalue weighted by molar-refractivity contribution is -0.400. The third kappa shape index (κ3) is 4.26. The minimum Gasteiger partial charge on any atom is -0.494 e. The van der Waals surface area contributed by atoms with Gasteiger partial charge in [0.05, 0.1) is 11.5 Å². The van der Waals surface area contributed by atoms with Crippen LogP contribution in [0.5, 0.6) is 5.75 Å². The van der Waals surface area contributed by atoms with Crippen molar-refractivity contribution in [3.8, 4) is 5.75 Å². The molecule has 0 aliphatic rings. The van der Waals surface area contributed by atoms with Gasteiger partial charge in [0.25, 0.3) is 0 Å². The van der Waals surface area contributed by atoms with Gasteiger partial charge in [0.2, 0.25) is 6.20 Å². The van der Waals surface area contributed by atoms with Gasteiger partial charge in [-0.2, -0.15) is 0 Å². The van der Waals surface area contributed by atoms with E-state index < -0.39 is 4.92 Å². The summed E-state index contributed by atoms with van der Waals surface area (Å²) in [5.74, 6) is 0.787. The number of ether oxygens (including phenoxy) is 1. The van der Waals surface area contributed by atoms with Crippen LogP contribution in [-0.4, -0.2) is 11.5 Å². The van der Waals surface area contributed by atoms with Crippen LogP contribution in [0, 0.1) is 10.1 Å². The molecular weight excluding hydrogens is 194 g/mol. The van der Waals surface area contributed by atoms with Crippen molar-refractivity contribution in [3.63, 3.8) is 0 Å². The van der Waals surface area contributed by atoms with Gasteiger partial charge in [-0.25, -0.2) is 0 Å². The van der Waals surface area contributed by atoms with E-state index in [2.05, 4.69) is 0 Å². The standard InChI is InChI=1S/C11H13NO3/c1-2-9-15-11-5-3-10(4-6-11)7-8-12(13)14/h3-8H,2,9H2,1H3/b8-7-. The first-order valence-electron chi connectivity index (χ1n) is 4.77. The Kier molecular flexibility index (Phi) is 4.34. The van der Waals surface area contributed by atoms with Crippen molar-refractivity contribution < 1.29 is 9.66 Å². The Bertz CT molecular complexity index is 343. The van der Waals surface area contributed by atoms with Crippen LogP contribution in [0.3, 0.4) is 0 Å². The molecule has 0 atom stereocenters. The van der Waals surface area contributed by atoms with Crippen molar-refractivity contribution in [1.29, 1.82) is 0 Å². The van der Waals surface area contributed by atoms with E-state index >= 15 is 0 Å². The monoisotopic (exact) mass is 207 g/mol. The molecule has 0 saturated heterocycles. The Balaban J connectivity index is 2.60. The molecule has 4 nitrogen and oxygen atoms in total. The van der Waals surface area contributed by atoms with Gasteiger partial charge in [-0.1, -0.05) is 19.1 Å². The fourth-order valence-electron chi connectivity index (χ4n) is 1.04. The number of nitrogens with zero attached hydrogens (tertiary/aromatic N) is 1. The zero-order chi connectivity index (χ0) is 11.1. The van der Waals surface area contributed by atoms with Crippen LogP contribution in [0.2, 0.25) is 0 Å². The van der Waals surface area contributed by atoms with Crippen LogP contribution in [-0.2, 0) is 0 Å². The second-order valence-electron chi connectivity index (χ2n) is 3.02. The number of hydrogen-bond donors (Lipinski definition) is 0. The van der Waals surface area contributed by atoms with E-state index in [9.17, 15) is 10.1 Å². The largest absolute Gasteiger partial charge is 0.494 e. The molecule has 1 aromatic carbocycles. The quantitative estimate of drug-likeness (QED) is 0.551. The third-order valence-corrected chi connectivity index (χ3v) is 1.74. The Morgan fingerprint density at radius 2 is 2.07 bits per heavy atom. The van der Waals surface area contributed by atoms with Gasteiger partial charge in [-0.05, 0) is 24.1 Å². The SMILES string of the molecule is CCCOc1ccc(/C=C\[N+](=O)[O-])cc1. The van der Waals surface area contributed by atoms with Gasteiger partial charge in [0, 0.05) is 6.08 Å². The van der Waals surface area contributed by atoms with Crippen LogP contribution >= 0.6 is 0 Å². The maximum Gasteiger partial charge on any atom is 0.235 e. The minimum atomic E-state index is -0.485. The molecule has 0 unspecified atom stereocenters. The molecule has 4 heteroatoms. The fraction of sp³-hybridized carbons (Fsp3) is 0.273.